The van der Waals surface area contributed by atoms with Gasteiger partial charge in [0, 0.05) is 19.3 Å². The van der Waals surface area contributed by atoms with E-state index in [0.29, 0.717) is 19.3 Å². The molecule has 0 spiro atoms. The smallest absolute Gasteiger partial charge is 0.306 e. The molecule has 0 amide bonds. The van der Waals surface area contributed by atoms with Crippen molar-refractivity contribution in [1.29, 1.82) is 0 Å². The second-order valence-electron chi connectivity index (χ2n) is 21.3. The Morgan fingerprint density at radius 3 is 0.760 bits per heavy atom. The van der Waals surface area contributed by atoms with E-state index in [1.807, 2.05) is 0 Å². The second kappa shape index (κ2) is 63.1. The van der Waals surface area contributed by atoms with Gasteiger partial charge in [0.05, 0.1) is 0 Å². The molecule has 6 nitrogen and oxygen atoms in total. The molecule has 0 aromatic carbocycles. The topological polar surface area (TPSA) is 78.9 Å². The van der Waals surface area contributed by atoms with Crippen LogP contribution >= 0.6 is 0 Å². The van der Waals surface area contributed by atoms with Crippen molar-refractivity contribution in [2.45, 2.75) is 322 Å². The summed E-state index contributed by atoms with van der Waals surface area (Å²) in [5.74, 6) is -0.909. The third-order valence-corrected chi connectivity index (χ3v) is 13.8. The number of rotatable bonds is 58. The largest absolute Gasteiger partial charge is 0.462 e. The summed E-state index contributed by atoms with van der Waals surface area (Å²) in [6.45, 7) is 6.59. The summed E-state index contributed by atoms with van der Waals surface area (Å²) in [4.78, 5) is 38.3. The highest BCUT2D eigenvalue weighted by Crippen LogP contribution is 2.15. The average Bonchev–Trinajstić information content (AvgIpc) is 3.41. The van der Waals surface area contributed by atoms with Gasteiger partial charge < -0.3 is 14.2 Å². The number of hydrogen-bond acceptors (Lipinski definition) is 6. The van der Waals surface area contributed by atoms with Crippen LogP contribution in [-0.4, -0.2) is 37.2 Å². The number of hydrogen-bond donors (Lipinski definition) is 0. The Morgan fingerprint density at radius 1 is 0.267 bits per heavy atom. The number of unbranched alkanes of at least 4 members (excludes halogenated alkanes) is 33. The van der Waals surface area contributed by atoms with E-state index in [2.05, 4.69) is 106 Å². The molecule has 0 saturated heterocycles. The summed E-state index contributed by atoms with van der Waals surface area (Å²) in [5.41, 5.74) is 0. The van der Waals surface area contributed by atoms with Gasteiger partial charge in [-0.25, -0.2) is 0 Å². The van der Waals surface area contributed by atoms with Gasteiger partial charge in [0.1, 0.15) is 13.2 Å². The molecule has 0 heterocycles. The summed E-state index contributed by atoms with van der Waals surface area (Å²) in [6, 6.07) is 0. The molecule has 0 aliphatic rings. The average molecular weight is 1050 g/mol. The maximum absolute atomic E-state index is 12.9. The molecular weight excluding hydrogens is 925 g/mol. The minimum atomic E-state index is -0.793. The molecule has 0 rings (SSSR count). The van der Waals surface area contributed by atoms with E-state index >= 15 is 0 Å². The summed E-state index contributed by atoms with van der Waals surface area (Å²) in [7, 11) is 0. The van der Waals surface area contributed by atoms with E-state index < -0.39 is 6.10 Å². The van der Waals surface area contributed by atoms with Crippen molar-refractivity contribution in [2.75, 3.05) is 13.2 Å². The number of carbonyl (C=O) groups is 3. The van der Waals surface area contributed by atoms with Crippen molar-refractivity contribution in [2.24, 2.45) is 0 Å². The van der Waals surface area contributed by atoms with Gasteiger partial charge in [-0.15, -0.1) is 0 Å². The van der Waals surface area contributed by atoms with Crippen LogP contribution < -0.4 is 0 Å². The summed E-state index contributed by atoms with van der Waals surface area (Å²) < 4.78 is 16.9. The molecule has 75 heavy (non-hydrogen) atoms. The first-order valence-corrected chi connectivity index (χ1v) is 32.1. The summed E-state index contributed by atoms with van der Waals surface area (Å²) >= 11 is 0. The van der Waals surface area contributed by atoms with Crippen molar-refractivity contribution in [1.82, 2.24) is 0 Å². The third-order valence-electron chi connectivity index (χ3n) is 13.8. The highest BCUT2D eigenvalue weighted by atomic mass is 16.6. The van der Waals surface area contributed by atoms with Gasteiger partial charge in [0.2, 0.25) is 0 Å². The van der Waals surface area contributed by atoms with Crippen LogP contribution in [0.4, 0.5) is 0 Å². The van der Waals surface area contributed by atoms with Crippen LogP contribution in [0.3, 0.4) is 0 Å². The standard InChI is InChI=1S/C69H120O6/c1-4-7-10-13-16-19-22-25-28-31-32-33-34-35-36-37-38-39-42-44-47-50-53-56-59-62-68(71)74-65-66(75-69(72)63-60-57-54-51-48-45-41-30-27-24-21-18-15-12-9-6-3)64-73-67(70)61-58-55-52-49-46-43-40-29-26-23-20-17-14-11-8-5-2/h20-25,29-32,34-35,40-41,66H,4-19,26-28,33,36-39,42-65H2,1-3H3/b23-20-,24-21-,25-22-,32-31-,35-34-,40-29-,41-30-. The van der Waals surface area contributed by atoms with Crippen LogP contribution in [0.1, 0.15) is 316 Å². The van der Waals surface area contributed by atoms with E-state index in [4.69, 9.17) is 14.2 Å². The summed E-state index contributed by atoms with van der Waals surface area (Å²) in [5, 5.41) is 0. The van der Waals surface area contributed by atoms with E-state index in [1.54, 1.807) is 0 Å². The highest BCUT2D eigenvalue weighted by Gasteiger charge is 2.19. The van der Waals surface area contributed by atoms with Gasteiger partial charge in [0.15, 0.2) is 6.10 Å². The molecule has 1 unspecified atom stereocenters. The van der Waals surface area contributed by atoms with Gasteiger partial charge in [-0.1, -0.05) is 260 Å². The Morgan fingerprint density at radius 2 is 0.480 bits per heavy atom. The van der Waals surface area contributed by atoms with Gasteiger partial charge >= 0.3 is 17.9 Å². The lowest BCUT2D eigenvalue weighted by molar-refractivity contribution is -0.167. The molecule has 0 N–H and O–H groups in total. The van der Waals surface area contributed by atoms with Crippen molar-refractivity contribution in [3.05, 3.63) is 85.1 Å². The Labute approximate surface area is 465 Å². The van der Waals surface area contributed by atoms with E-state index in [-0.39, 0.29) is 31.1 Å². The SMILES string of the molecule is CCCCCC/C=C\C/C=C\CCCCCCCC(=O)OCC(COC(=O)CCCCCCCCCCCC/C=C\C/C=C\C/C=C\CCCCCCC)OC(=O)CCCCCCC/C=C\C/C=C\CCCCCC. The minimum Gasteiger partial charge on any atom is -0.462 e. The van der Waals surface area contributed by atoms with Crippen LogP contribution in [-0.2, 0) is 28.6 Å². The maximum atomic E-state index is 12.9. The first-order valence-electron chi connectivity index (χ1n) is 32.1. The molecule has 0 aliphatic carbocycles. The molecule has 1 atom stereocenters. The van der Waals surface area contributed by atoms with Gasteiger partial charge in [-0.05, 0) is 122 Å². The van der Waals surface area contributed by atoms with Crippen LogP contribution in [0.15, 0.2) is 85.1 Å². The molecule has 0 aromatic rings. The van der Waals surface area contributed by atoms with Crippen LogP contribution in [0.5, 0.6) is 0 Å². The molecule has 432 valence electrons. The third kappa shape index (κ3) is 61.3. The van der Waals surface area contributed by atoms with E-state index in [0.717, 1.165) is 116 Å². The highest BCUT2D eigenvalue weighted by molar-refractivity contribution is 5.71. The Kier molecular flexibility index (Phi) is 60.3. The van der Waals surface area contributed by atoms with Crippen LogP contribution in [0.2, 0.25) is 0 Å². The van der Waals surface area contributed by atoms with E-state index in [1.165, 1.54) is 161 Å². The van der Waals surface area contributed by atoms with Gasteiger partial charge in [-0.2, -0.15) is 0 Å². The van der Waals surface area contributed by atoms with Crippen molar-refractivity contribution in [3.8, 4) is 0 Å². The first-order chi connectivity index (χ1) is 37.0. The predicted octanol–water partition coefficient (Wildman–Crippen LogP) is 21.9. The first kappa shape index (κ1) is 71.6. The monoisotopic (exact) mass is 1040 g/mol. The van der Waals surface area contributed by atoms with Crippen molar-refractivity contribution >= 4 is 17.9 Å². The lowest BCUT2D eigenvalue weighted by Gasteiger charge is -2.18. The number of allylic oxidation sites excluding steroid dienone is 14. The van der Waals surface area contributed by atoms with Crippen LogP contribution in [0, 0.1) is 0 Å². The summed E-state index contributed by atoms with van der Waals surface area (Å²) in [6.07, 6.45) is 82.9. The van der Waals surface area contributed by atoms with Gasteiger partial charge in [0.25, 0.3) is 0 Å². The fourth-order valence-electron chi connectivity index (χ4n) is 8.98. The molecule has 0 fully saturated rings. The normalized spacial score (nSPS) is 12.6. The number of esters is 3. The molecule has 0 aromatic heterocycles. The lowest BCUT2D eigenvalue weighted by atomic mass is 10.1. The maximum Gasteiger partial charge on any atom is 0.306 e. The van der Waals surface area contributed by atoms with Crippen molar-refractivity contribution < 1.29 is 28.6 Å². The molecule has 0 aliphatic heterocycles. The molecule has 0 radical (unpaired) electrons. The second-order valence-corrected chi connectivity index (χ2v) is 21.3. The zero-order valence-electron chi connectivity index (χ0n) is 49.6. The Bertz CT molecular complexity index is 1430. The fraction of sp³-hybridized carbons (Fsp3) is 0.754. The van der Waals surface area contributed by atoms with E-state index in [9.17, 15) is 14.4 Å². The predicted molar refractivity (Wildman–Crippen MR) is 325 cm³/mol. The van der Waals surface area contributed by atoms with Crippen molar-refractivity contribution in [3.63, 3.8) is 0 Å². The zero-order chi connectivity index (χ0) is 54.3. The fourth-order valence-corrected chi connectivity index (χ4v) is 8.98. The zero-order valence-corrected chi connectivity index (χ0v) is 49.6. The Balaban J connectivity index is 4.37. The number of carbonyl (C=O) groups excluding carboxylic acids is 3. The molecule has 0 bridgehead atoms. The molecule has 6 heteroatoms. The number of ether oxygens (including phenoxy) is 3. The van der Waals surface area contributed by atoms with Crippen LogP contribution in [0.25, 0.3) is 0 Å². The van der Waals surface area contributed by atoms with Gasteiger partial charge in [-0.3, -0.25) is 14.4 Å². The minimum absolute atomic E-state index is 0.0883. The quantitative estimate of drug-likeness (QED) is 0.0261. The molecule has 0 saturated carbocycles. The lowest BCUT2D eigenvalue weighted by Crippen LogP contribution is -2.30. The molecular formula is C69H120O6. The Hall–Kier alpha value is -3.41.